The minimum Gasteiger partial charge on any atom is -0.508 e. The molecule has 0 unspecified atom stereocenters. The van der Waals surface area contributed by atoms with Gasteiger partial charge in [0.2, 0.25) is 0 Å². The monoisotopic (exact) mass is 365 g/mol. The lowest BCUT2D eigenvalue weighted by molar-refractivity contribution is -0.127. The normalized spacial score (nSPS) is 21.7. The van der Waals surface area contributed by atoms with Gasteiger partial charge in [-0.1, -0.05) is 12.1 Å². The number of amides is 3. The van der Waals surface area contributed by atoms with Crippen LogP contribution in [0, 0.1) is 5.82 Å². The number of carbonyl (C=O) groups excluding carboxylic acids is 2. The maximum Gasteiger partial charge on any atom is 0.328 e. The van der Waals surface area contributed by atoms with Crippen molar-refractivity contribution in [2.24, 2.45) is 0 Å². The molecule has 27 heavy (non-hydrogen) atoms. The first kappa shape index (κ1) is 15.9. The summed E-state index contributed by atoms with van der Waals surface area (Å²) in [6.45, 7) is 0. The number of aromatic hydroxyl groups is 1. The molecule has 2 aromatic carbocycles. The van der Waals surface area contributed by atoms with Gasteiger partial charge < -0.3 is 10.1 Å². The molecule has 1 aromatic heterocycles. The average molecular weight is 365 g/mol. The fourth-order valence-corrected chi connectivity index (χ4v) is 4.27. The summed E-state index contributed by atoms with van der Waals surface area (Å²) in [5, 5.41) is 10.7. The molecule has 2 atom stereocenters. The van der Waals surface area contributed by atoms with Crippen LogP contribution in [0.5, 0.6) is 5.75 Å². The first-order chi connectivity index (χ1) is 13.0. The molecule has 1 saturated heterocycles. The second-order valence-corrected chi connectivity index (χ2v) is 7.01. The van der Waals surface area contributed by atoms with Crippen LogP contribution in [-0.4, -0.2) is 44.9 Å². The summed E-state index contributed by atoms with van der Waals surface area (Å²) in [5.41, 5.74) is 3.01. The van der Waals surface area contributed by atoms with Crippen molar-refractivity contribution in [3.05, 3.63) is 65.1 Å². The van der Waals surface area contributed by atoms with E-state index in [0.717, 1.165) is 21.7 Å². The summed E-state index contributed by atoms with van der Waals surface area (Å²) in [4.78, 5) is 31.4. The number of halogens is 1. The number of phenols is 1. The lowest BCUT2D eigenvalue weighted by Crippen LogP contribution is -2.44. The van der Waals surface area contributed by atoms with Crippen LogP contribution < -0.4 is 0 Å². The number of nitrogens with one attached hydrogen (secondary N) is 1. The number of hydrogen-bond donors (Lipinski definition) is 2. The first-order valence-electron chi connectivity index (χ1n) is 8.64. The maximum absolute atomic E-state index is 13.8. The van der Waals surface area contributed by atoms with Gasteiger partial charge >= 0.3 is 6.03 Å². The van der Waals surface area contributed by atoms with Crippen molar-refractivity contribution in [3.63, 3.8) is 0 Å². The summed E-state index contributed by atoms with van der Waals surface area (Å²) in [6, 6.07) is 9.52. The van der Waals surface area contributed by atoms with Gasteiger partial charge in [0.1, 0.15) is 23.7 Å². The quantitative estimate of drug-likeness (QED) is 0.651. The zero-order valence-electron chi connectivity index (χ0n) is 14.4. The summed E-state index contributed by atoms with van der Waals surface area (Å²) >= 11 is 0. The number of urea groups is 1. The average Bonchev–Trinajstić information content (AvgIpc) is 3.11. The number of phenolic OH excluding ortho intramolecular Hbond substituents is 1. The van der Waals surface area contributed by atoms with Gasteiger partial charge in [-0.05, 0) is 41.5 Å². The van der Waals surface area contributed by atoms with E-state index in [1.807, 2.05) is 0 Å². The van der Waals surface area contributed by atoms with Crippen LogP contribution in [0.3, 0.4) is 0 Å². The Morgan fingerprint density at radius 1 is 1.19 bits per heavy atom. The van der Waals surface area contributed by atoms with Gasteiger partial charge in [0.05, 0.1) is 0 Å². The molecule has 7 heteroatoms. The van der Waals surface area contributed by atoms with E-state index in [2.05, 4.69) is 4.98 Å². The number of aromatic amines is 1. The molecule has 0 saturated carbocycles. The highest BCUT2D eigenvalue weighted by Crippen LogP contribution is 2.44. The lowest BCUT2D eigenvalue weighted by atomic mass is 9.89. The van der Waals surface area contributed by atoms with Crippen LogP contribution in [-0.2, 0) is 11.2 Å². The van der Waals surface area contributed by atoms with Gasteiger partial charge in [-0.3, -0.25) is 14.6 Å². The zero-order valence-corrected chi connectivity index (χ0v) is 14.4. The smallest absolute Gasteiger partial charge is 0.328 e. The first-order valence-corrected chi connectivity index (χ1v) is 8.64. The number of hydrogen-bond acceptors (Lipinski definition) is 3. The Balaban J connectivity index is 1.79. The second kappa shape index (κ2) is 5.33. The lowest BCUT2D eigenvalue weighted by Gasteiger charge is -2.36. The SMILES string of the molecule is CN1C(=O)[C@@H]2Cc3c([nH]c4ccc(F)cc34)[C@@H](c3cccc(O)c3)N2C1=O. The van der Waals surface area contributed by atoms with E-state index >= 15 is 0 Å². The summed E-state index contributed by atoms with van der Waals surface area (Å²) in [7, 11) is 1.47. The predicted octanol–water partition coefficient (Wildman–Crippen LogP) is 2.92. The number of H-pyrrole nitrogens is 1. The summed E-state index contributed by atoms with van der Waals surface area (Å²) in [5.74, 6) is -0.558. The standard InChI is InChI=1S/C20H16FN3O3/c1-23-19(26)16-9-14-13-8-11(21)5-6-15(13)22-17(14)18(24(16)20(23)27)10-3-2-4-12(25)7-10/h2-8,16,18,22,25H,9H2,1H3/t16-,18+/m0/s1. The molecule has 3 heterocycles. The van der Waals surface area contributed by atoms with Crippen molar-refractivity contribution in [2.75, 3.05) is 7.05 Å². The van der Waals surface area contributed by atoms with Crippen LogP contribution in [0.15, 0.2) is 42.5 Å². The Morgan fingerprint density at radius 3 is 2.78 bits per heavy atom. The molecule has 136 valence electrons. The van der Waals surface area contributed by atoms with Crippen molar-refractivity contribution in [1.29, 1.82) is 0 Å². The van der Waals surface area contributed by atoms with Crippen molar-refractivity contribution < 1.29 is 19.1 Å². The van der Waals surface area contributed by atoms with E-state index in [1.54, 1.807) is 35.2 Å². The predicted molar refractivity (Wildman–Crippen MR) is 95.7 cm³/mol. The molecular formula is C20H16FN3O3. The topological polar surface area (TPSA) is 76.6 Å². The van der Waals surface area contributed by atoms with E-state index in [4.69, 9.17) is 0 Å². The molecular weight excluding hydrogens is 349 g/mol. The fraction of sp³-hybridized carbons (Fsp3) is 0.200. The highest BCUT2D eigenvalue weighted by molar-refractivity contribution is 6.05. The van der Waals surface area contributed by atoms with Crippen molar-refractivity contribution in [2.45, 2.75) is 18.5 Å². The van der Waals surface area contributed by atoms with Crippen molar-refractivity contribution in [3.8, 4) is 5.75 Å². The van der Waals surface area contributed by atoms with Crippen LogP contribution in [0.1, 0.15) is 22.9 Å². The molecule has 0 bridgehead atoms. The van der Waals surface area contributed by atoms with Crippen molar-refractivity contribution >= 4 is 22.8 Å². The largest absolute Gasteiger partial charge is 0.508 e. The Kier molecular flexibility index (Phi) is 3.13. The number of nitrogens with zero attached hydrogens (tertiary/aromatic N) is 2. The van der Waals surface area contributed by atoms with E-state index < -0.39 is 12.1 Å². The Labute approximate surface area is 153 Å². The number of rotatable bonds is 1. The molecule has 2 aliphatic heterocycles. The van der Waals surface area contributed by atoms with Gasteiger partial charge in [0.25, 0.3) is 5.91 Å². The number of benzene rings is 2. The third-order valence-corrected chi connectivity index (χ3v) is 5.50. The van der Waals surface area contributed by atoms with Gasteiger partial charge in [0.15, 0.2) is 0 Å². The second-order valence-electron chi connectivity index (χ2n) is 7.01. The molecule has 3 amide bonds. The highest BCUT2D eigenvalue weighted by atomic mass is 19.1. The van der Waals surface area contributed by atoms with E-state index in [9.17, 15) is 19.1 Å². The minimum atomic E-state index is -0.649. The van der Waals surface area contributed by atoms with Gasteiger partial charge in [-0.2, -0.15) is 0 Å². The number of aromatic nitrogens is 1. The Bertz CT molecular complexity index is 1120. The van der Waals surface area contributed by atoms with E-state index in [1.165, 1.54) is 19.2 Å². The van der Waals surface area contributed by atoms with Gasteiger partial charge in [0, 0.05) is 30.1 Å². The number of carbonyl (C=O) groups is 2. The number of likely N-dealkylation sites (N-methyl/N-ethyl adjacent to an activating group) is 1. The third-order valence-electron chi connectivity index (χ3n) is 5.50. The van der Waals surface area contributed by atoms with Crippen LogP contribution >= 0.6 is 0 Å². The van der Waals surface area contributed by atoms with Gasteiger partial charge in [-0.25, -0.2) is 9.18 Å². The highest BCUT2D eigenvalue weighted by Gasteiger charge is 2.51. The van der Waals surface area contributed by atoms with Gasteiger partial charge in [-0.15, -0.1) is 0 Å². The molecule has 0 aliphatic carbocycles. The Hall–Kier alpha value is -3.35. The molecule has 0 radical (unpaired) electrons. The molecule has 0 spiro atoms. The summed E-state index contributed by atoms with van der Waals surface area (Å²) in [6.07, 6.45) is 0.322. The molecule has 2 aliphatic rings. The van der Waals surface area contributed by atoms with E-state index in [0.29, 0.717) is 17.4 Å². The molecule has 3 aromatic rings. The Morgan fingerprint density at radius 2 is 2.00 bits per heavy atom. The van der Waals surface area contributed by atoms with Crippen LogP contribution in [0.4, 0.5) is 9.18 Å². The fourth-order valence-electron chi connectivity index (χ4n) is 4.27. The zero-order chi connectivity index (χ0) is 18.9. The van der Waals surface area contributed by atoms with E-state index in [-0.39, 0.29) is 23.5 Å². The molecule has 5 rings (SSSR count). The van der Waals surface area contributed by atoms with Crippen LogP contribution in [0.2, 0.25) is 0 Å². The third kappa shape index (κ3) is 2.11. The molecule has 1 fully saturated rings. The number of imide groups is 1. The number of fused-ring (bicyclic) bond motifs is 4. The maximum atomic E-state index is 13.8. The van der Waals surface area contributed by atoms with Crippen molar-refractivity contribution in [1.82, 2.24) is 14.8 Å². The molecule has 2 N–H and O–H groups in total. The van der Waals surface area contributed by atoms with Crippen LogP contribution in [0.25, 0.3) is 10.9 Å². The molecule has 6 nitrogen and oxygen atoms in total. The minimum absolute atomic E-state index is 0.0738. The summed E-state index contributed by atoms with van der Waals surface area (Å²) < 4.78 is 13.8.